The van der Waals surface area contributed by atoms with E-state index in [4.69, 9.17) is 0 Å². The topological polar surface area (TPSA) is 114 Å². The van der Waals surface area contributed by atoms with Crippen LogP contribution in [0.3, 0.4) is 0 Å². The van der Waals surface area contributed by atoms with Gasteiger partial charge in [0.15, 0.2) is 5.03 Å². The van der Waals surface area contributed by atoms with Gasteiger partial charge in [-0.25, -0.2) is 13.4 Å². The third kappa shape index (κ3) is 4.30. The Balaban J connectivity index is 1.69. The summed E-state index contributed by atoms with van der Waals surface area (Å²) in [6, 6.07) is 1.96. The number of hydrogen-bond acceptors (Lipinski definition) is 6. The van der Waals surface area contributed by atoms with Crippen LogP contribution in [0.2, 0.25) is 0 Å². The van der Waals surface area contributed by atoms with Crippen molar-refractivity contribution in [2.45, 2.75) is 29.4 Å². The van der Waals surface area contributed by atoms with Gasteiger partial charge in [0.25, 0.3) is 21.7 Å². The van der Waals surface area contributed by atoms with Gasteiger partial charge >= 0.3 is 5.51 Å². The molecule has 0 atom stereocenters. The van der Waals surface area contributed by atoms with Crippen molar-refractivity contribution in [2.75, 3.05) is 13.1 Å². The van der Waals surface area contributed by atoms with E-state index >= 15 is 0 Å². The van der Waals surface area contributed by atoms with E-state index in [2.05, 4.69) is 15.4 Å². The Bertz CT molecular complexity index is 1060. The Morgan fingerprint density at radius 3 is 2.47 bits per heavy atom. The lowest BCUT2D eigenvalue weighted by atomic mass is 10.0. The van der Waals surface area contributed by atoms with E-state index in [1.54, 1.807) is 13.2 Å². The summed E-state index contributed by atoms with van der Waals surface area (Å²) in [6.45, 7) is 0.272. The first-order valence-electron chi connectivity index (χ1n) is 8.86. The summed E-state index contributed by atoms with van der Waals surface area (Å²) in [4.78, 5) is 29.4. The molecule has 1 saturated heterocycles. The van der Waals surface area contributed by atoms with Gasteiger partial charge in [0.1, 0.15) is 0 Å². The number of rotatable bonds is 4. The van der Waals surface area contributed by atoms with Crippen LogP contribution in [0.25, 0.3) is 0 Å². The Kier molecular flexibility index (Phi) is 5.83. The average Bonchev–Trinajstić information content (AvgIpc) is 3.14. The van der Waals surface area contributed by atoms with Crippen LogP contribution in [0, 0.1) is 0 Å². The fourth-order valence-corrected chi connectivity index (χ4v) is 3.95. The minimum Gasteiger partial charge on any atom is -0.349 e. The molecular formula is C17H18F3N5O4S. The zero-order chi connectivity index (χ0) is 22.1. The number of carbonyl (C=O) groups excluding carboxylic acids is 2. The number of aromatic nitrogens is 3. The van der Waals surface area contributed by atoms with Crippen molar-refractivity contribution in [2.24, 2.45) is 7.05 Å². The smallest absolute Gasteiger partial charge is 0.349 e. The first kappa shape index (κ1) is 21.7. The highest BCUT2D eigenvalue weighted by molar-refractivity contribution is 7.92. The highest BCUT2D eigenvalue weighted by Crippen LogP contribution is 2.31. The maximum atomic E-state index is 12.9. The first-order chi connectivity index (χ1) is 14.0. The molecule has 2 amide bonds. The first-order valence-corrected chi connectivity index (χ1v) is 10.3. The van der Waals surface area contributed by atoms with Crippen LogP contribution < -0.4 is 5.32 Å². The minimum absolute atomic E-state index is 0.136. The van der Waals surface area contributed by atoms with Crippen molar-refractivity contribution in [3.63, 3.8) is 0 Å². The molecule has 0 unspecified atom stereocenters. The van der Waals surface area contributed by atoms with E-state index in [9.17, 15) is 31.2 Å². The summed E-state index contributed by atoms with van der Waals surface area (Å²) in [6.07, 6.45) is 4.58. The van der Waals surface area contributed by atoms with Crippen LogP contribution in [0.4, 0.5) is 13.2 Å². The number of likely N-dealkylation sites (tertiary alicyclic amines) is 1. The van der Waals surface area contributed by atoms with Crippen LogP contribution in [0.15, 0.2) is 35.7 Å². The number of halogens is 3. The van der Waals surface area contributed by atoms with Crippen molar-refractivity contribution in [3.05, 3.63) is 41.9 Å². The van der Waals surface area contributed by atoms with Gasteiger partial charge in [0.05, 0.1) is 17.3 Å². The molecule has 2 aromatic heterocycles. The summed E-state index contributed by atoms with van der Waals surface area (Å²) in [5.74, 6) is -1.18. The predicted octanol–water partition coefficient (Wildman–Crippen LogP) is 1.14. The van der Waals surface area contributed by atoms with Crippen LogP contribution in [0.5, 0.6) is 0 Å². The van der Waals surface area contributed by atoms with E-state index in [-0.39, 0.29) is 25.0 Å². The van der Waals surface area contributed by atoms with Gasteiger partial charge in [-0.05, 0) is 25.0 Å². The molecule has 30 heavy (non-hydrogen) atoms. The largest absolute Gasteiger partial charge is 0.503 e. The Morgan fingerprint density at radius 2 is 1.90 bits per heavy atom. The number of alkyl halides is 3. The van der Waals surface area contributed by atoms with E-state index in [1.165, 1.54) is 21.8 Å². The Morgan fingerprint density at radius 1 is 1.23 bits per heavy atom. The number of amides is 2. The average molecular weight is 445 g/mol. The third-order valence-electron chi connectivity index (χ3n) is 4.65. The second-order valence-corrected chi connectivity index (χ2v) is 8.60. The molecule has 162 valence electrons. The van der Waals surface area contributed by atoms with E-state index in [0.29, 0.717) is 18.4 Å². The molecule has 9 nitrogen and oxygen atoms in total. The lowest BCUT2D eigenvalue weighted by Gasteiger charge is -2.32. The molecule has 0 aliphatic carbocycles. The van der Waals surface area contributed by atoms with Crippen LogP contribution in [0.1, 0.15) is 33.6 Å². The van der Waals surface area contributed by atoms with Crippen LogP contribution in [-0.4, -0.2) is 64.5 Å². The number of nitrogens with zero attached hydrogens (tertiary/aromatic N) is 4. The number of pyridine rings is 1. The number of piperidine rings is 1. The fourth-order valence-electron chi connectivity index (χ4n) is 3.08. The monoisotopic (exact) mass is 445 g/mol. The maximum Gasteiger partial charge on any atom is 0.503 e. The summed E-state index contributed by atoms with van der Waals surface area (Å²) in [7, 11) is -4.10. The number of aryl methyl sites for hydroxylation is 1. The molecular weight excluding hydrogens is 427 g/mol. The van der Waals surface area contributed by atoms with Gasteiger partial charge < -0.3 is 10.2 Å². The van der Waals surface area contributed by atoms with Crippen molar-refractivity contribution < 1.29 is 31.2 Å². The van der Waals surface area contributed by atoms with E-state index in [0.717, 1.165) is 12.3 Å². The molecule has 0 radical (unpaired) electrons. The standard InChI is InChI=1S/C17H18F3N5O4S/c1-24-10-11(9-22-24)14(26)23-12-4-7-25(8-5-12)16(27)13-3-2-6-21-15(13)30(28,29)17(18,19)20/h2-3,6,9-10,12H,4-5,7-8H2,1H3,(H,23,26). The highest BCUT2D eigenvalue weighted by atomic mass is 32.2. The SMILES string of the molecule is Cn1cc(C(=O)NC2CCN(C(=O)c3cccnc3S(=O)(=O)C(F)(F)F)CC2)cn1. The molecule has 0 spiro atoms. The van der Waals surface area contributed by atoms with Crippen molar-refractivity contribution in [3.8, 4) is 0 Å². The number of carbonyl (C=O) groups is 2. The molecule has 2 aromatic rings. The minimum atomic E-state index is -5.77. The van der Waals surface area contributed by atoms with E-state index < -0.39 is 31.8 Å². The normalized spacial score (nSPS) is 15.8. The summed E-state index contributed by atoms with van der Waals surface area (Å²) >= 11 is 0. The van der Waals surface area contributed by atoms with Crippen molar-refractivity contribution in [1.29, 1.82) is 0 Å². The summed E-state index contributed by atoms with van der Waals surface area (Å²) < 4.78 is 63.8. The molecule has 1 N–H and O–H groups in total. The fraction of sp³-hybridized carbons (Fsp3) is 0.412. The molecule has 0 aromatic carbocycles. The van der Waals surface area contributed by atoms with Gasteiger partial charge in [-0.1, -0.05) is 0 Å². The van der Waals surface area contributed by atoms with Crippen molar-refractivity contribution in [1.82, 2.24) is 25.0 Å². The lowest BCUT2D eigenvalue weighted by Crippen LogP contribution is -2.46. The maximum absolute atomic E-state index is 12.9. The summed E-state index contributed by atoms with van der Waals surface area (Å²) in [5, 5.41) is 5.42. The van der Waals surface area contributed by atoms with E-state index in [1.807, 2.05) is 0 Å². The molecule has 1 fully saturated rings. The van der Waals surface area contributed by atoms with Gasteiger partial charge in [-0.2, -0.15) is 18.3 Å². The van der Waals surface area contributed by atoms with Gasteiger partial charge in [0.2, 0.25) is 0 Å². The second kappa shape index (κ2) is 8.05. The van der Waals surface area contributed by atoms with Crippen LogP contribution in [-0.2, 0) is 16.9 Å². The molecule has 0 saturated carbocycles. The summed E-state index contributed by atoms with van der Waals surface area (Å²) in [5.41, 5.74) is -5.82. The molecule has 3 rings (SSSR count). The molecule has 0 bridgehead atoms. The predicted molar refractivity (Wildman–Crippen MR) is 97.1 cm³/mol. The van der Waals surface area contributed by atoms with Gasteiger partial charge in [-0.15, -0.1) is 0 Å². The second-order valence-electron chi connectivity index (χ2n) is 6.75. The lowest BCUT2D eigenvalue weighted by molar-refractivity contribution is -0.0438. The van der Waals surface area contributed by atoms with Crippen molar-refractivity contribution >= 4 is 21.7 Å². The third-order valence-corrected chi connectivity index (χ3v) is 6.09. The zero-order valence-electron chi connectivity index (χ0n) is 15.8. The number of nitrogens with one attached hydrogen (secondary N) is 1. The number of hydrogen-bond donors (Lipinski definition) is 1. The Labute approximate surface area is 169 Å². The molecule has 13 heteroatoms. The molecule has 1 aliphatic heterocycles. The molecule has 1 aliphatic rings. The highest BCUT2D eigenvalue weighted by Gasteiger charge is 2.49. The van der Waals surface area contributed by atoms with Crippen LogP contribution >= 0.6 is 0 Å². The Hall–Kier alpha value is -2.96. The molecule has 3 heterocycles. The van der Waals surface area contributed by atoms with Gasteiger partial charge in [-0.3, -0.25) is 14.3 Å². The van der Waals surface area contributed by atoms with Gasteiger partial charge in [0, 0.05) is 38.6 Å². The quantitative estimate of drug-likeness (QED) is 0.755. The zero-order valence-corrected chi connectivity index (χ0v) is 16.6. The number of sulfone groups is 1.